The predicted octanol–water partition coefficient (Wildman–Crippen LogP) is 3.91. The second-order valence-corrected chi connectivity index (χ2v) is 6.83. The number of carbonyl (C=O) groups excluding carboxylic acids is 1. The molecule has 3 rings (SSSR count). The number of hydrogen-bond acceptors (Lipinski definition) is 4. The highest BCUT2D eigenvalue weighted by atomic mass is 16.2. The van der Waals surface area contributed by atoms with Crippen molar-refractivity contribution in [2.24, 2.45) is 0 Å². The van der Waals surface area contributed by atoms with Crippen molar-refractivity contribution >= 4 is 11.9 Å². The van der Waals surface area contributed by atoms with E-state index in [0.717, 1.165) is 38.9 Å². The summed E-state index contributed by atoms with van der Waals surface area (Å²) in [6, 6.07) is 10.6. The van der Waals surface area contributed by atoms with Crippen LogP contribution in [0.5, 0.6) is 0 Å². The monoisotopic (exact) mass is 352 g/mol. The summed E-state index contributed by atoms with van der Waals surface area (Å²) in [7, 11) is 0. The van der Waals surface area contributed by atoms with E-state index in [1.165, 1.54) is 12.0 Å². The molecule has 1 saturated heterocycles. The van der Waals surface area contributed by atoms with E-state index in [2.05, 4.69) is 40.8 Å². The minimum absolute atomic E-state index is 0.0641. The van der Waals surface area contributed by atoms with E-state index in [-0.39, 0.29) is 5.91 Å². The molecule has 138 valence electrons. The minimum atomic E-state index is 0.0641. The molecule has 1 unspecified atom stereocenters. The normalized spacial score (nSPS) is 17.2. The van der Waals surface area contributed by atoms with Crippen LogP contribution in [0.4, 0.5) is 5.95 Å². The Balaban J connectivity index is 1.71. The second-order valence-electron chi connectivity index (χ2n) is 6.83. The summed E-state index contributed by atoms with van der Waals surface area (Å²) in [6.45, 7) is 6.65. The number of amides is 1. The molecular weight excluding hydrogens is 324 g/mol. The molecule has 0 radical (unpaired) electrons. The van der Waals surface area contributed by atoms with Crippen LogP contribution in [0.3, 0.4) is 0 Å². The van der Waals surface area contributed by atoms with Gasteiger partial charge in [-0.3, -0.25) is 4.79 Å². The zero-order valence-electron chi connectivity index (χ0n) is 15.8. The van der Waals surface area contributed by atoms with Crippen molar-refractivity contribution in [2.45, 2.75) is 52.1 Å². The highest BCUT2D eigenvalue weighted by Gasteiger charge is 2.26. The van der Waals surface area contributed by atoms with Crippen molar-refractivity contribution in [2.75, 3.05) is 18.0 Å². The summed E-state index contributed by atoms with van der Waals surface area (Å²) in [5, 5.41) is 0. The van der Waals surface area contributed by atoms with Crippen LogP contribution in [-0.2, 0) is 6.54 Å². The molecule has 26 heavy (non-hydrogen) atoms. The largest absolute Gasteiger partial charge is 0.337 e. The van der Waals surface area contributed by atoms with Crippen molar-refractivity contribution in [3.63, 3.8) is 0 Å². The Hall–Kier alpha value is -2.43. The number of anilines is 1. The lowest BCUT2D eigenvalue weighted by Gasteiger charge is -2.35. The van der Waals surface area contributed by atoms with E-state index in [4.69, 9.17) is 0 Å². The summed E-state index contributed by atoms with van der Waals surface area (Å²) < 4.78 is 0. The summed E-state index contributed by atoms with van der Waals surface area (Å²) in [5.74, 6) is 0.729. The van der Waals surface area contributed by atoms with Gasteiger partial charge >= 0.3 is 0 Å². The van der Waals surface area contributed by atoms with Crippen LogP contribution in [0.1, 0.15) is 55.5 Å². The molecule has 0 aliphatic carbocycles. The van der Waals surface area contributed by atoms with Gasteiger partial charge in [0.15, 0.2) is 0 Å². The molecule has 5 nitrogen and oxygen atoms in total. The van der Waals surface area contributed by atoms with E-state index < -0.39 is 0 Å². The van der Waals surface area contributed by atoms with E-state index in [1.54, 1.807) is 12.4 Å². The molecule has 5 heteroatoms. The van der Waals surface area contributed by atoms with Gasteiger partial charge in [-0.05, 0) is 38.2 Å². The SMILES string of the molecule is CCC1CCCCN1C(=O)c1cnc(N(CC)Cc2ccccc2)nc1. The molecule has 1 aliphatic rings. The maximum absolute atomic E-state index is 12.8. The Labute approximate surface area is 156 Å². The Bertz CT molecular complexity index is 702. The molecule has 0 saturated carbocycles. The second kappa shape index (κ2) is 8.79. The van der Waals surface area contributed by atoms with Crippen molar-refractivity contribution in [3.8, 4) is 0 Å². The molecule has 1 amide bonds. The van der Waals surface area contributed by atoms with Gasteiger partial charge in [-0.15, -0.1) is 0 Å². The highest BCUT2D eigenvalue weighted by Crippen LogP contribution is 2.22. The zero-order chi connectivity index (χ0) is 18.4. The maximum atomic E-state index is 12.8. The van der Waals surface area contributed by atoms with Crippen LogP contribution in [0.2, 0.25) is 0 Å². The van der Waals surface area contributed by atoms with Crippen LogP contribution in [0, 0.1) is 0 Å². The van der Waals surface area contributed by atoms with Crippen LogP contribution in [0.25, 0.3) is 0 Å². The lowest BCUT2D eigenvalue weighted by atomic mass is 9.99. The molecule has 1 fully saturated rings. The van der Waals surface area contributed by atoms with Crippen LogP contribution < -0.4 is 4.90 Å². The summed E-state index contributed by atoms with van der Waals surface area (Å²) in [5.41, 5.74) is 1.81. The zero-order valence-corrected chi connectivity index (χ0v) is 15.8. The number of likely N-dealkylation sites (tertiary alicyclic amines) is 1. The van der Waals surface area contributed by atoms with E-state index >= 15 is 0 Å². The highest BCUT2D eigenvalue weighted by molar-refractivity contribution is 5.94. The average molecular weight is 352 g/mol. The van der Waals surface area contributed by atoms with Crippen LogP contribution in [-0.4, -0.2) is 39.9 Å². The standard InChI is InChI=1S/C21H28N4O/c1-3-19-12-8-9-13-25(19)20(26)18-14-22-21(23-15-18)24(4-2)16-17-10-6-5-7-11-17/h5-7,10-11,14-15,19H,3-4,8-9,12-13,16H2,1-2H3. The fourth-order valence-electron chi connectivity index (χ4n) is 3.58. The molecule has 1 atom stereocenters. The molecule has 0 N–H and O–H groups in total. The van der Waals surface area contributed by atoms with Gasteiger partial charge in [0.2, 0.25) is 5.95 Å². The smallest absolute Gasteiger partial charge is 0.257 e. The number of rotatable bonds is 6. The molecule has 1 aliphatic heterocycles. The molecular formula is C21H28N4O. The lowest BCUT2D eigenvalue weighted by Crippen LogP contribution is -2.43. The summed E-state index contributed by atoms with van der Waals surface area (Å²) in [4.78, 5) is 25.9. The maximum Gasteiger partial charge on any atom is 0.257 e. The summed E-state index contributed by atoms with van der Waals surface area (Å²) in [6.07, 6.45) is 7.76. The Morgan fingerprint density at radius 3 is 2.54 bits per heavy atom. The van der Waals surface area contributed by atoms with E-state index in [9.17, 15) is 4.79 Å². The van der Waals surface area contributed by atoms with Gasteiger partial charge in [0.1, 0.15) is 0 Å². The molecule has 0 bridgehead atoms. The first-order valence-electron chi connectivity index (χ1n) is 9.64. The number of nitrogens with zero attached hydrogens (tertiary/aromatic N) is 4. The topological polar surface area (TPSA) is 49.3 Å². The minimum Gasteiger partial charge on any atom is -0.337 e. The van der Waals surface area contributed by atoms with Crippen molar-refractivity contribution in [3.05, 3.63) is 53.9 Å². The average Bonchev–Trinajstić information content (AvgIpc) is 2.72. The third-order valence-electron chi connectivity index (χ3n) is 5.13. The fraction of sp³-hybridized carbons (Fsp3) is 0.476. The van der Waals surface area contributed by atoms with Gasteiger partial charge in [-0.2, -0.15) is 0 Å². The van der Waals surface area contributed by atoms with Gasteiger partial charge in [-0.1, -0.05) is 37.3 Å². The van der Waals surface area contributed by atoms with Crippen LogP contribution in [0.15, 0.2) is 42.7 Å². The van der Waals surface area contributed by atoms with Crippen molar-refractivity contribution < 1.29 is 4.79 Å². The van der Waals surface area contributed by atoms with Gasteiger partial charge in [0.25, 0.3) is 5.91 Å². The summed E-state index contributed by atoms with van der Waals surface area (Å²) >= 11 is 0. The van der Waals surface area contributed by atoms with Gasteiger partial charge in [0, 0.05) is 38.1 Å². The molecule has 0 spiro atoms. The molecule has 1 aromatic carbocycles. The van der Waals surface area contributed by atoms with Gasteiger partial charge in [-0.25, -0.2) is 9.97 Å². The Kier molecular flexibility index (Phi) is 6.21. The van der Waals surface area contributed by atoms with Gasteiger partial charge in [0.05, 0.1) is 5.56 Å². The Morgan fingerprint density at radius 1 is 1.15 bits per heavy atom. The van der Waals surface area contributed by atoms with E-state index in [1.807, 2.05) is 23.1 Å². The number of aromatic nitrogens is 2. The first-order chi connectivity index (χ1) is 12.7. The third-order valence-corrected chi connectivity index (χ3v) is 5.13. The predicted molar refractivity (Wildman–Crippen MR) is 104 cm³/mol. The number of benzene rings is 1. The molecule has 1 aromatic heterocycles. The number of hydrogen-bond donors (Lipinski definition) is 0. The lowest BCUT2D eigenvalue weighted by molar-refractivity contribution is 0.0607. The first kappa shape index (κ1) is 18.4. The van der Waals surface area contributed by atoms with Crippen molar-refractivity contribution in [1.82, 2.24) is 14.9 Å². The number of piperidine rings is 1. The molecule has 2 heterocycles. The first-order valence-corrected chi connectivity index (χ1v) is 9.64. The quantitative estimate of drug-likeness (QED) is 0.791. The van der Waals surface area contributed by atoms with Gasteiger partial charge < -0.3 is 9.80 Å². The fourth-order valence-corrected chi connectivity index (χ4v) is 3.58. The van der Waals surface area contributed by atoms with E-state index in [0.29, 0.717) is 17.6 Å². The van der Waals surface area contributed by atoms with Crippen molar-refractivity contribution in [1.29, 1.82) is 0 Å². The molecule has 2 aromatic rings. The third kappa shape index (κ3) is 4.21. The Morgan fingerprint density at radius 2 is 1.88 bits per heavy atom. The van der Waals surface area contributed by atoms with Crippen LogP contribution >= 0.6 is 0 Å². The number of carbonyl (C=O) groups is 1.